The third-order valence-electron chi connectivity index (χ3n) is 3.86. The summed E-state index contributed by atoms with van der Waals surface area (Å²) in [6.45, 7) is 0.194. The van der Waals surface area contributed by atoms with E-state index in [2.05, 4.69) is 4.40 Å². The normalized spacial score (nSPS) is 14.2. The summed E-state index contributed by atoms with van der Waals surface area (Å²) in [6, 6.07) is 9.79. The zero-order valence-electron chi connectivity index (χ0n) is 13.4. The Morgan fingerprint density at radius 2 is 1.84 bits per heavy atom. The molecule has 0 N–H and O–H groups in total. The van der Waals surface area contributed by atoms with Crippen molar-refractivity contribution in [3.05, 3.63) is 41.2 Å². The maximum atomic E-state index is 12.6. The van der Waals surface area contributed by atoms with Crippen LogP contribution in [0.15, 0.2) is 45.7 Å². The number of aryl methyl sites for hydroxylation is 1. The molecule has 0 atom stereocenters. The monoisotopic (exact) mass is 378 g/mol. The molecule has 4 rings (SSSR count). The van der Waals surface area contributed by atoms with Crippen LogP contribution in [0.3, 0.4) is 0 Å². The lowest BCUT2D eigenvalue weighted by molar-refractivity contribution is 0.174. The molecule has 2 heterocycles. The van der Waals surface area contributed by atoms with E-state index in [1.165, 1.54) is 30.6 Å². The Morgan fingerprint density at radius 3 is 2.52 bits per heavy atom. The van der Waals surface area contributed by atoms with Crippen LogP contribution >= 0.6 is 11.3 Å². The highest BCUT2D eigenvalue weighted by atomic mass is 32.2. The summed E-state index contributed by atoms with van der Waals surface area (Å²) in [5, 5.41) is 0. The SMILES string of the molecule is COc1ccc(S(=O)(=O)N=c2sc3cc4c(cc3n2C)OCO4)cc1. The Balaban J connectivity index is 1.83. The Kier molecular flexibility index (Phi) is 3.69. The minimum atomic E-state index is -3.82. The van der Waals surface area contributed by atoms with Gasteiger partial charge in [0.1, 0.15) is 5.75 Å². The van der Waals surface area contributed by atoms with Crippen LogP contribution in [0.5, 0.6) is 17.2 Å². The van der Waals surface area contributed by atoms with E-state index in [-0.39, 0.29) is 11.7 Å². The van der Waals surface area contributed by atoms with Crippen molar-refractivity contribution in [2.45, 2.75) is 4.90 Å². The van der Waals surface area contributed by atoms with Gasteiger partial charge in [-0.05, 0) is 24.3 Å². The third kappa shape index (κ3) is 2.75. The molecule has 0 unspecified atom stereocenters. The summed E-state index contributed by atoms with van der Waals surface area (Å²) in [4.78, 5) is 0.481. The summed E-state index contributed by atoms with van der Waals surface area (Å²) < 4.78 is 47.5. The van der Waals surface area contributed by atoms with Gasteiger partial charge in [0.05, 0.1) is 22.2 Å². The second-order valence-electron chi connectivity index (χ2n) is 5.36. The second kappa shape index (κ2) is 5.78. The fraction of sp³-hybridized carbons (Fsp3) is 0.188. The first-order valence-corrected chi connectivity index (χ1v) is 9.58. The maximum Gasteiger partial charge on any atom is 0.285 e. The topological polar surface area (TPSA) is 79.1 Å². The number of sulfonamides is 1. The van der Waals surface area contributed by atoms with Gasteiger partial charge in [-0.3, -0.25) is 0 Å². The highest BCUT2D eigenvalue weighted by Gasteiger charge is 2.18. The molecule has 3 aromatic rings. The fourth-order valence-electron chi connectivity index (χ4n) is 2.51. The van der Waals surface area contributed by atoms with Gasteiger partial charge in [-0.2, -0.15) is 8.42 Å². The molecular formula is C16H14N2O5S2. The van der Waals surface area contributed by atoms with E-state index >= 15 is 0 Å². The predicted molar refractivity (Wildman–Crippen MR) is 92.7 cm³/mol. The van der Waals surface area contributed by atoms with Crippen LogP contribution < -0.4 is 19.0 Å². The number of rotatable bonds is 3. The van der Waals surface area contributed by atoms with Gasteiger partial charge in [0.25, 0.3) is 10.0 Å². The largest absolute Gasteiger partial charge is 0.497 e. The van der Waals surface area contributed by atoms with E-state index < -0.39 is 10.0 Å². The molecule has 0 radical (unpaired) electrons. The number of nitrogens with zero attached hydrogens (tertiary/aromatic N) is 2. The summed E-state index contributed by atoms with van der Waals surface area (Å²) in [7, 11) is -0.533. The van der Waals surface area contributed by atoms with Crippen LogP contribution in [0.25, 0.3) is 10.2 Å². The first kappa shape index (κ1) is 16.0. The van der Waals surface area contributed by atoms with Gasteiger partial charge in [-0.25, -0.2) is 0 Å². The first-order valence-electron chi connectivity index (χ1n) is 7.32. The third-order valence-corrected chi connectivity index (χ3v) is 6.35. The standard InChI is InChI=1S/C16H14N2O5S2/c1-18-12-7-13-14(23-9-22-13)8-15(12)24-16(18)17-25(19,20)11-5-3-10(21-2)4-6-11/h3-8H,9H2,1-2H3. The minimum absolute atomic E-state index is 0.111. The lowest BCUT2D eigenvalue weighted by Crippen LogP contribution is -2.13. The van der Waals surface area contributed by atoms with E-state index in [0.29, 0.717) is 22.0 Å². The van der Waals surface area contributed by atoms with Gasteiger partial charge >= 0.3 is 0 Å². The average molecular weight is 378 g/mol. The van der Waals surface area contributed by atoms with E-state index in [9.17, 15) is 8.42 Å². The number of ether oxygens (including phenoxy) is 3. The quantitative estimate of drug-likeness (QED) is 0.699. The molecule has 1 aliphatic rings. The van der Waals surface area contributed by atoms with Crippen molar-refractivity contribution < 1.29 is 22.6 Å². The van der Waals surface area contributed by atoms with E-state index in [1.807, 2.05) is 12.1 Å². The molecule has 0 fully saturated rings. The number of fused-ring (bicyclic) bond motifs is 2. The number of hydrogen-bond acceptors (Lipinski definition) is 6. The molecule has 0 aliphatic carbocycles. The highest BCUT2D eigenvalue weighted by Crippen LogP contribution is 2.36. The predicted octanol–water partition coefficient (Wildman–Crippen LogP) is 2.27. The lowest BCUT2D eigenvalue weighted by Gasteiger charge is -2.01. The van der Waals surface area contributed by atoms with E-state index in [1.54, 1.807) is 23.7 Å². The molecule has 9 heteroatoms. The zero-order chi connectivity index (χ0) is 17.6. The van der Waals surface area contributed by atoms with Crippen LogP contribution in [0.2, 0.25) is 0 Å². The van der Waals surface area contributed by atoms with Gasteiger partial charge in [0.2, 0.25) is 11.6 Å². The summed E-state index contributed by atoms with van der Waals surface area (Å²) in [5.74, 6) is 1.88. The van der Waals surface area contributed by atoms with Crippen molar-refractivity contribution in [2.75, 3.05) is 13.9 Å². The molecule has 7 nitrogen and oxygen atoms in total. The van der Waals surface area contributed by atoms with Crippen molar-refractivity contribution in [1.82, 2.24) is 4.57 Å². The van der Waals surface area contributed by atoms with Crippen molar-refractivity contribution in [3.8, 4) is 17.2 Å². The van der Waals surface area contributed by atoms with Crippen LogP contribution in [-0.4, -0.2) is 26.9 Å². The maximum absolute atomic E-state index is 12.6. The van der Waals surface area contributed by atoms with E-state index in [0.717, 1.165) is 10.2 Å². The van der Waals surface area contributed by atoms with Gasteiger partial charge < -0.3 is 18.8 Å². The fourth-order valence-corrected chi connectivity index (χ4v) is 4.76. The van der Waals surface area contributed by atoms with Crippen molar-refractivity contribution >= 4 is 31.6 Å². The number of aromatic nitrogens is 1. The smallest absolute Gasteiger partial charge is 0.285 e. The van der Waals surface area contributed by atoms with Crippen LogP contribution in [-0.2, 0) is 17.1 Å². The number of methoxy groups -OCH3 is 1. The molecule has 0 spiro atoms. The van der Waals surface area contributed by atoms with Crippen molar-refractivity contribution in [1.29, 1.82) is 0 Å². The second-order valence-corrected chi connectivity index (χ2v) is 7.97. The van der Waals surface area contributed by atoms with E-state index in [4.69, 9.17) is 14.2 Å². The van der Waals surface area contributed by atoms with Crippen LogP contribution in [0, 0.1) is 0 Å². The van der Waals surface area contributed by atoms with Crippen LogP contribution in [0.4, 0.5) is 0 Å². The Bertz CT molecular complexity index is 1130. The zero-order valence-corrected chi connectivity index (χ0v) is 15.1. The van der Waals surface area contributed by atoms with Gasteiger partial charge in [0.15, 0.2) is 11.5 Å². The summed E-state index contributed by atoms with van der Waals surface area (Å²) in [6.07, 6.45) is 0. The molecular weight excluding hydrogens is 364 g/mol. The molecule has 25 heavy (non-hydrogen) atoms. The van der Waals surface area contributed by atoms with Gasteiger partial charge in [-0.15, -0.1) is 4.40 Å². The molecule has 0 bridgehead atoms. The molecule has 1 aliphatic heterocycles. The van der Waals surface area contributed by atoms with Gasteiger partial charge in [0, 0.05) is 19.2 Å². The highest BCUT2D eigenvalue weighted by molar-refractivity contribution is 7.90. The molecule has 130 valence electrons. The molecule has 1 aromatic heterocycles. The molecule has 0 saturated carbocycles. The molecule has 2 aromatic carbocycles. The number of benzene rings is 2. The summed E-state index contributed by atoms with van der Waals surface area (Å²) >= 11 is 1.28. The Hall–Kier alpha value is -2.52. The van der Waals surface area contributed by atoms with Crippen molar-refractivity contribution in [2.24, 2.45) is 11.4 Å². The molecule has 0 amide bonds. The number of thiazole rings is 1. The molecule has 0 saturated heterocycles. The first-order chi connectivity index (χ1) is 12.0. The number of hydrogen-bond donors (Lipinski definition) is 0. The lowest BCUT2D eigenvalue weighted by atomic mass is 10.3. The average Bonchev–Trinajstić information content (AvgIpc) is 3.17. The van der Waals surface area contributed by atoms with Gasteiger partial charge in [-0.1, -0.05) is 11.3 Å². The Labute approximate surface area is 147 Å². The summed E-state index contributed by atoms with van der Waals surface area (Å²) in [5.41, 5.74) is 0.831. The van der Waals surface area contributed by atoms with Crippen LogP contribution in [0.1, 0.15) is 0 Å². The minimum Gasteiger partial charge on any atom is -0.497 e. The Morgan fingerprint density at radius 1 is 1.16 bits per heavy atom. The van der Waals surface area contributed by atoms with Crippen molar-refractivity contribution in [3.63, 3.8) is 0 Å².